The van der Waals surface area contributed by atoms with Crippen LogP contribution in [-0.2, 0) is 17.8 Å². The van der Waals surface area contributed by atoms with Gasteiger partial charge in [-0.3, -0.25) is 9.78 Å². The smallest absolute Gasteiger partial charge is 0.222 e. The molecule has 5 nitrogen and oxygen atoms in total. The second-order valence-corrected chi connectivity index (χ2v) is 7.85. The predicted octanol–water partition coefficient (Wildman–Crippen LogP) is 3.97. The fraction of sp³-hybridized carbons (Fsp3) is 0.320. The molecule has 154 valence electrons. The van der Waals surface area contributed by atoms with E-state index in [-0.39, 0.29) is 18.4 Å². The van der Waals surface area contributed by atoms with Gasteiger partial charge in [-0.15, -0.1) is 0 Å². The molecule has 0 spiro atoms. The summed E-state index contributed by atoms with van der Waals surface area (Å²) in [5.41, 5.74) is 4.82. The SMILES string of the molecule is O=C(CCc1ccccc1)N1CCCC(c2cncc(-c3ccc(CO)cc3)n2)C1. The molecule has 2 heterocycles. The Kier molecular flexibility index (Phi) is 6.50. The number of aliphatic hydroxyl groups excluding tert-OH is 1. The van der Waals surface area contributed by atoms with Crippen molar-refractivity contribution in [2.75, 3.05) is 13.1 Å². The van der Waals surface area contributed by atoms with Crippen molar-refractivity contribution in [1.82, 2.24) is 14.9 Å². The van der Waals surface area contributed by atoms with Crippen molar-refractivity contribution >= 4 is 5.91 Å². The summed E-state index contributed by atoms with van der Waals surface area (Å²) in [5.74, 6) is 0.427. The van der Waals surface area contributed by atoms with Crippen LogP contribution in [0.15, 0.2) is 67.0 Å². The van der Waals surface area contributed by atoms with E-state index in [1.54, 1.807) is 6.20 Å². The van der Waals surface area contributed by atoms with Gasteiger partial charge in [0.1, 0.15) is 0 Å². The monoisotopic (exact) mass is 401 g/mol. The maximum absolute atomic E-state index is 12.8. The fourth-order valence-electron chi connectivity index (χ4n) is 4.00. The van der Waals surface area contributed by atoms with Gasteiger partial charge in [0, 0.05) is 37.2 Å². The highest BCUT2D eigenvalue weighted by Crippen LogP contribution is 2.27. The van der Waals surface area contributed by atoms with Crippen molar-refractivity contribution in [3.8, 4) is 11.3 Å². The number of amides is 1. The number of likely N-dealkylation sites (tertiary alicyclic amines) is 1. The lowest BCUT2D eigenvalue weighted by atomic mass is 9.94. The first-order valence-corrected chi connectivity index (χ1v) is 10.6. The van der Waals surface area contributed by atoms with Crippen molar-refractivity contribution in [2.45, 2.75) is 38.2 Å². The summed E-state index contributed by atoms with van der Waals surface area (Å²) in [6, 6.07) is 17.9. The van der Waals surface area contributed by atoms with Gasteiger partial charge >= 0.3 is 0 Å². The van der Waals surface area contributed by atoms with Crippen molar-refractivity contribution in [3.05, 3.63) is 83.8 Å². The number of nitrogens with zero attached hydrogens (tertiary/aromatic N) is 3. The Balaban J connectivity index is 1.42. The lowest BCUT2D eigenvalue weighted by Gasteiger charge is -2.32. The van der Waals surface area contributed by atoms with Crippen LogP contribution in [0.5, 0.6) is 0 Å². The van der Waals surface area contributed by atoms with Crippen LogP contribution in [0, 0.1) is 0 Å². The maximum Gasteiger partial charge on any atom is 0.222 e. The van der Waals surface area contributed by atoms with Crippen LogP contribution in [0.2, 0.25) is 0 Å². The van der Waals surface area contributed by atoms with Crippen LogP contribution in [0.3, 0.4) is 0 Å². The molecule has 1 fully saturated rings. The molecule has 1 atom stereocenters. The van der Waals surface area contributed by atoms with Crippen LogP contribution in [0.1, 0.15) is 42.0 Å². The minimum atomic E-state index is 0.0300. The molecule has 3 aromatic rings. The molecule has 4 rings (SSSR count). The molecule has 0 bridgehead atoms. The summed E-state index contributed by atoms with van der Waals surface area (Å²) in [5, 5.41) is 9.23. The van der Waals surface area contributed by atoms with Crippen LogP contribution in [-0.4, -0.2) is 39.0 Å². The average Bonchev–Trinajstić information content (AvgIpc) is 2.83. The second kappa shape index (κ2) is 9.63. The standard InChI is InChI=1S/C25H27N3O2/c29-18-20-8-11-21(12-9-20)23-15-26-16-24(27-23)22-7-4-14-28(17-22)25(30)13-10-19-5-2-1-3-6-19/h1-3,5-6,8-9,11-12,15-16,22,29H,4,7,10,13-14,17-18H2. The van der Waals surface area contributed by atoms with E-state index in [1.807, 2.05) is 53.6 Å². The molecule has 30 heavy (non-hydrogen) atoms. The van der Waals surface area contributed by atoms with Crippen LogP contribution >= 0.6 is 0 Å². The summed E-state index contributed by atoms with van der Waals surface area (Å²) < 4.78 is 0. The highest BCUT2D eigenvalue weighted by molar-refractivity contribution is 5.76. The van der Waals surface area contributed by atoms with E-state index in [0.29, 0.717) is 13.0 Å². The normalized spacial score (nSPS) is 16.4. The van der Waals surface area contributed by atoms with Gasteiger partial charge in [0.15, 0.2) is 0 Å². The van der Waals surface area contributed by atoms with Crippen LogP contribution in [0.4, 0.5) is 0 Å². The quantitative estimate of drug-likeness (QED) is 0.679. The number of piperidine rings is 1. The molecule has 1 aliphatic rings. The number of rotatable bonds is 6. The minimum Gasteiger partial charge on any atom is -0.392 e. The molecule has 1 amide bonds. The fourth-order valence-corrected chi connectivity index (χ4v) is 4.00. The van der Waals surface area contributed by atoms with E-state index in [4.69, 9.17) is 4.98 Å². The highest BCUT2D eigenvalue weighted by atomic mass is 16.3. The third-order valence-electron chi connectivity index (χ3n) is 5.75. The second-order valence-electron chi connectivity index (χ2n) is 7.85. The predicted molar refractivity (Wildman–Crippen MR) is 117 cm³/mol. The number of carbonyl (C=O) groups excluding carboxylic acids is 1. The van der Waals surface area contributed by atoms with E-state index in [0.717, 1.165) is 48.3 Å². The van der Waals surface area contributed by atoms with E-state index in [9.17, 15) is 9.90 Å². The number of benzene rings is 2. The van der Waals surface area contributed by atoms with Crippen molar-refractivity contribution in [2.24, 2.45) is 0 Å². The van der Waals surface area contributed by atoms with Gasteiger partial charge in [0.2, 0.25) is 5.91 Å². The molecule has 0 aliphatic carbocycles. The first-order chi connectivity index (χ1) is 14.7. The summed E-state index contributed by atoms with van der Waals surface area (Å²) in [4.78, 5) is 24.0. The number of aromatic nitrogens is 2. The molecular weight excluding hydrogens is 374 g/mol. The third kappa shape index (κ3) is 4.92. The van der Waals surface area contributed by atoms with E-state index >= 15 is 0 Å². The Hall–Kier alpha value is -3.05. The summed E-state index contributed by atoms with van der Waals surface area (Å²) in [6.45, 7) is 1.55. The molecule has 0 radical (unpaired) electrons. The summed E-state index contributed by atoms with van der Waals surface area (Å²) in [6.07, 6.45) is 6.92. The molecule has 5 heteroatoms. The Morgan fingerprint density at radius 1 is 1.03 bits per heavy atom. The zero-order valence-corrected chi connectivity index (χ0v) is 17.1. The van der Waals surface area contributed by atoms with Crippen molar-refractivity contribution in [1.29, 1.82) is 0 Å². The molecule has 1 unspecified atom stereocenters. The number of aryl methyl sites for hydroxylation is 1. The molecule has 1 saturated heterocycles. The van der Waals surface area contributed by atoms with E-state index in [2.05, 4.69) is 17.1 Å². The molecule has 2 aromatic carbocycles. The molecule has 1 N–H and O–H groups in total. The van der Waals surface area contributed by atoms with Crippen molar-refractivity contribution < 1.29 is 9.90 Å². The Bertz CT molecular complexity index is 973. The van der Waals surface area contributed by atoms with Gasteiger partial charge < -0.3 is 10.0 Å². The Labute approximate surface area is 177 Å². The largest absolute Gasteiger partial charge is 0.392 e. The van der Waals surface area contributed by atoms with Gasteiger partial charge in [0.25, 0.3) is 0 Å². The van der Waals surface area contributed by atoms with Crippen molar-refractivity contribution in [3.63, 3.8) is 0 Å². The maximum atomic E-state index is 12.8. The number of carbonyl (C=O) groups is 1. The van der Waals surface area contributed by atoms with Gasteiger partial charge in [-0.05, 0) is 30.4 Å². The zero-order valence-electron chi connectivity index (χ0n) is 17.1. The zero-order chi connectivity index (χ0) is 20.8. The Morgan fingerprint density at radius 3 is 2.60 bits per heavy atom. The van der Waals surface area contributed by atoms with E-state index < -0.39 is 0 Å². The Morgan fingerprint density at radius 2 is 1.83 bits per heavy atom. The lowest BCUT2D eigenvalue weighted by Crippen LogP contribution is -2.39. The van der Waals surface area contributed by atoms with E-state index in [1.165, 1.54) is 5.56 Å². The van der Waals surface area contributed by atoms with Crippen LogP contribution in [0.25, 0.3) is 11.3 Å². The topological polar surface area (TPSA) is 66.3 Å². The molecule has 1 aliphatic heterocycles. The van der Waals surface area contributed by atoms with Gasteiger partial charge in [-0.2, -0.15) is 0 Å². The minimum absolute atomic E-state index is 0.0300. The summed E-state index contributed by atoms with van der Waals surface area (Å²) in [7, 11) is 0. The first-order valence-electron chi connectivity index (χ1n) is 10.6. The van der Waals surface area contributed by atoms with Gasteiger partial charge in [-0.25, -0.2) is 4.98 Å². The highest BCUT2D eigenvalue weighted by Gasteiger charge is 2.25. The number of hydrogen-bond acceptors (Lipinski definition) is 4. The number of aliphatic hydroxyl groups is 1. The summed E-state index contributed by atoms with van der Waals surface area (Å²) >= 11 is 0. The molecule has 1 aromatic heterocycles. The van der Waals surface area contributed by atoms with Gasteiger partial charge in [-0.1, -0.05) is 54.6 Å². The average molecular weight is 402 g/mol. The first kappa shape index (κ1) is 20.2. The van der Waals surface area contributed by atoms with Gasteiger partial charge in [0.05, 0.1) is 24.2 Å². The molecular formula is C25H27N3O2. The number of hydrogen-bond donors (Lipinski definition) is 1. The third-order valence-corrected chi connectivity index (χ3v) is 5.75. The lowest BCUT2D eigenvalue weighted by molar-refractivity contribution is -0.132. The molecule has 0 saturated carbocycles. The van der Waals surface area contributed by atoms with Crippen LogP contribution < -0.4 is 0 Å².